The van der Waals surface area contributed by atoms with Crippen LogP contribution in [-0.2, 0) is 4.79 Å². The lowest BCUT2D eigenvalue weighted by molar-refractivity contribution is -0.157. The fourth-order valence-corrected chi connectivity index (χ4v) is 2.47. The van der Waals surface area contributed by atoms with Crippen molar-refractivity contribution in [2.45, 2.75) is 32.9 Å². The van der Waals surface area contributed by atoms with Gasteiger partial charge in [0, 0.05) is 13.1 Å². The lowest BCUT2D eigenvalue weighted by Gasteiger charge is -2.28. The van der Waals surface area contributed by atoms with E-state index in [4.69, 9.17) is 0 Å². The van der Waals surface area contributed by atoms with Gasteiger partial charge in [-0.1, -0.05) is 25.5 Å². The molecule has 2 atom stereocenters. The summed E-state index contributed by atoms with van der Waals surface area (Å²) in [4.78, 5) is 13.4. The molecule has 0 N–H and O–H groups in total. The second-order valence-corrected chi connectivity index (χ2v) is 5.46. The number of rotatable bonds is 2. The molecule has 0 aromatic carbocycles. The number of alkyl halides is 3. The minimum absolute atomic E-state index is 0.0282. The highest BCUT2D eigenvalue weighted by Crippen LogP contribution is 2.50. The van der Waals surface area contributed by atoms with E-state index in [1.54, 1.807) is 4.90 Å². The zero-order valence-electron chi connectivity index (χ0n) is 10.6. The van der Waals surface area contributed by atoms with Crippen LogP contribution in [0.15, 0.2) is 11.6 Å². The quantitative estimate of drug-likeness (QED) is 0.700. The van der Waals surface area contributed by atoms with E-state index in [0.29, 0.717) is 19.0 Å². The van der Waals surface area contributed by atoms with Gasteiger partial charge in [0.1, 0.15) is 0 Å². The van der Waals surface area contributed by atoms with Crippen molar-refractivity contribution in [2.24, 2.45) is 17.8 Å². The van der Waals surface area contributed by atoms with Gasteiger partial charge in [0.25, 0.3) is 0 Å². The molecule has 2 unspecified atom stereocenters. The molecule has 0 spiro atoms. The molecule has 5 heteroatoms. The maximum absolute atomic E-state index is 12.4. The summed E-state index contributed by atoms with van der Waals surface area (Å²) in [7, 11) is 0. The summed E-state index contributed by atoms with van der Waals surface area (Å²) < 4.78 is 37.2. The van der Waals surface area contributed by atoms with Gasteiger partial charge < -0.3 is 4.90 Å². The van der Waals surface area contributed by atoms with E-state index in [1.807, 2.05) is 6.08 Å². The fraction of sp³-hybridized carbons (Fsp3) is 0.769. The Bertz CT molecular complexity index is 373. The highest BCUT2D eigenvalue weighted by molar-refractivity contribution is 5.82. The van der Waals surface area contributed by atoms with Crippen LogP contribution in [0.3, 0.4) is 0 Å². The van der Waals surface area contributed by atoms with Gasteiger partial charge in [-0.3, -0.25) is 4.79 Å². The second-order valence-electron chi connectivity index (χ2n) is 5.46. The predicted molar refractivity (Wildman–Crippen MR) is 61.8 cm³/mol. The normalized spacial score (nSPS) is 28.3. The molecule has 1 heterocycles. The number of carbonyl (C=O) groups is 1. The summed E-state index contributed by atoms with van der Waals surface area (Å²) in [6.45, 7) is 5.20. The number of amides is 1. The molecule has 1 aliphatic carbocycles. The molecule has 1 amide bonds. The first-order chi connectivity index (χ1) is 8.30. The molecule has 2 aliphatic rings. The third-order valence-electron chi connectivity index (χ3n) is 3.83. The van der Waals surface area contributed by atoms with Gasteiger partial charge in [0.05, 0.1) is 11.8 Å². The summed E-state index contributed by atoms with van der Waals surface area (Å²) in [5.74, 6) is -2.10. The van der Waals surface area contributed by atoms with Crippen LogP contribution in [0.5, 0.6) is 0 Å². The third-order valence-corrected chi connectivity index (χ3v) is 3.83. The topological polar surface area (TPSA) is 20.3 Å². The van der Waals surface area contributed by atoms with Crippen LogP contribution in [0.2, 0.25) is 0 Å². The Morgan fingerprint density at radius 2 is 2.11 bits per heavy atom. The number of halogens is 3. The van der Waals surface area contributed by atoms with Crippen molar-refractivity contribution in [1.82, 2.24) is 4.90 Å². The summed E-state index contributed by atoms with van der Waals surface area (Å²) in [5, 5.41) is 0. The molecule has 0 aromatic heterocycles. The van der Waals surface area contributed by atoms with Crippen LogP contribution in [0.4, 0.5) is 13.2 Å². The Morgan fingerprint density at radius 3 is 2.50 bits per heavy atom. The number of nitrogens with zero attached hydrogens (tertiary/aromatic N) is 1. The van der Waals surface area contributed by atoms with E-state index >= 15 is 0 Å². The fourth-order valence-electron chi connectivity index (χ4n) is 2.47. The Hall–Kier alpha value is -1.00. The first-order valence-corrected chi connectivity index (χ1v) is 6.35. The van der Waals surface area contributed by atoms with Gasteiger partial charge in [-0.15, -0.1) is 0 Å². The number of carbonyl (C=O) groups excluding carboxylic acids is 1. The summed E-state index contributed by atoms with van der Waals surface area (Å²) in [5.41, 5.74) is 1.29. The van der Waals surface area contributed by atoms with Crippen molar-refractivity contribution in [3.8, 4) is 0 Å². The first-order valence-electron chi connectivity index (χ1n) is 6.35. The average molecular weight is 261 g/mol. The highest BCUT2D eigenvalue weighted by Gasteiger charge is 2.59. The smallest absolute Gasteiger partial charge is 0.338 e. The predicted octanol–water partition coefficient (Wildman–Crippen LogP) is 3.00. The van der Waals surface area contributed by atoms with Gasteiger partial charge in [-0.2, -0.15) is 13.2 Å². The standard InChI is InChI=1S/C13H18F3NO/c1-8(2)9-3-5-17(6-4-9)12(18)10-7-11(10)13(14,15)16/h3,8,10-11H,4-7H2,1-2H3. The molecule has 102 valence electrons. The molecule has 1 saturated carbocycles. The van der Waals surface area contributed by atoms with Crippen LogP contribution in [0.1, 0.15) is 26.7 Å². The van der Waals surface area contributed by atoms with Crippen molar-refractivity contribution >= 4 is 5.91 Å². The second kappa shape index (κ2) is 4.59. The molecule has 18 heavy (non-hydrogen) atoms. The van der Waals surface area contributed by atoms with Crippen molar-refractivity contribution in [3.05, 3.63) is 11.6 Å². The van der Waals surface area contributed by atoms with Crippen molar-refractivity contribution in [2.75, 3.05) is 13.1 Å². The molecule has 0 aromatic rings. The monoisotopic (exact) mass is 261 g/mol. The Morgan fingerprint density at radius 1 is 1.44 bits per heavy atom. The number of hydrogen-bond donors (Lipinski definition) is 0. The Balaban J connectivity index is 1.90. The minimum atomic E-state index is -4.21. The Labute approximate surface area is 105 Å². The maximum Gasteiger partial charge on any atom is 0.392 e. The average Bonchev–Trinajstić information content (AvgIpc) is 3.07. The minimum Gasteiger partial charge on any atom is -0.338 e. The lowest BCUT2D eigenvalue weighted by Crippen LogP contribution is -2.37. The summed E-state index contributed by atoms with van der Waals surface area (Å²) in [6.07, 6.45) is -1.47. The van der Waals surface area contributed by atoms with E-state index in [9.17, 15) is 18.0 Å². The third kappa shape index (κ3) is 2.70. The summed E-state index contributed by atoms with van der Waals surface area (Å²) >= 11 is 0. The van der Waals surface area contributed by atoms with Crippen LogP contribution >= 0.6 is 0 Å². The van der Waals surface area contributed by atoms with Crippen molar-refractivity contribution in [3.63, 3.8) is 0 Å². The molecule has 1 fully saturated rings. The van der Waals surface area contributed by atoms with Crippen LogP contribution < -0.4 is 0 Å². The number of hydrogen-bond acceptors (Lipinski definition) is 1. The summed E-state index contributed by atoms with van der Waals surface area (Å²) in [6, 6.07) is 0. The van der Waals surface area contributed by atoms with E-state index in [2.05, 4.69) is 13.8 Å². The largest absolute Gasteiger partial charge is 0.392 e. The van der Waals surface area contributed by atoms with Crippen LogP contribution in [-0.4, -0.2) is 30.1 Å². The molecule has 0 saturated heterocycles. The van der Waals surface area contributed by atoms with Crippen molar-refractivity contribution in [1.29, 1.82) is 0 Å². The molecule has 2 rings (SSSR count). The van der Waals surface area contributed by atoms with Gasteiger partial charge in [0.15, 0.2) is 0 Å². The lowest BCUT2D eigenvalue weighted by atomic mass is 9.97. The highest BCUT2D eigenvalue weighted by atomic mass is 19.4. The van der Waals surface area contributed by atoms with Gasteiger partial charge in [0.2, 0.25) is 5.91 Å². The van der Waals surface area contributed by atoms with Gasteiger partial charge in [-0.25, -0.2) is 0 Å². The molecular formula is C13H18F3NO. The zero-order chi connectivity index (χ0) is 13.5. The molecule has 2 nitrogen and oxygen atoms in total. The van der Waals surface area contributed by atoms with E-state index in [1.165, 1.54) is 5.57 Å². The van der Waals surface area contributed by atoms with Gasteiger partial charge >= 0.3 is 6.18 Å². The van der Waals surface area contributed by atoms with Crippen molar-refractivity contribution < 1.29 is 18.0 Å². The SMILES string of the molecule is CC(C)C1=CCN(C(=O)C2CC2C(F)(F)F)CC1. The molecule has 0 radical (unpaired) electrons. The molecular weight excluding hydrogens is 243 g/mol. The van der Waals surface area contributed by atoms with Crippen LogP contribution in [0, 0.1) is 17.8 Å². The van der Waals surface area contributed by atoms with Gasteiger partial charge in [-0.05, 0) is 18.8 Å². The van der Waals surface area contributed by atoms with E-state index in [0.717, 1.165) is 6.42 Å². The van der Waals surface area contributed by atoms with E-state index in [-0.39, 0.29) is 12.3 Å². The maximum atomic E-state index is 12.4. The molecule has 0 bridgehead atoms. The van der Waals surface area contributed by atoms with E-state index < -0.39 is 18.0 Å². The van der Waals surface area contributed by atoms with Crippen LogP contribution in [0.25, 0.3) is 0 Å². The first kappa shape index (κ1) is 13.4. The Kier molecular flexibility index (Phi) is 3.43. The zero-order valence-corrected chi connectivity index (χ0v) is 10.6. The molecule has 1 aliphatic heterocycles.